The molecule has 0 radical (unpaired) electrons. The summed E-state index contributed by atoms with van der Waals surface area (Å²) < 4.78 is 0. The van der Waals surface area contributed by atoms with Gasteiger partial charge in [-0.3, -0.25) is 4.98 Å². The Morgan fingerprint density at radius 3 is 2.89 bits per heavy atom. The van der Waals surface area contributed by atoms with E-state index in [0.717, 1.165) is 12.5 Å². The van der Waals surface area contributed by atoms with Gasteiger partial charge in [-0.25, -0.2) is 0 Å². The third-order valence-corrected chi connectivity index (χ3v) is 4.03. The Labute approximate surface area is 117 Å². The zero-order valence-corrected chi connectivity index (χ0v) is 12.7. The fourth-order valence-corrected chi connectivity index (χ4v) is 2.92. The molecule has 0 spiro atoms. The molecular formula is C16H27N3. The second-order valence-corrected chi connectivity index (χ2v) is 6.21. The lowest BCUT2D eigenvalue weighted by molar-refractivity contribution is 0.377. The molecule has 1 N–H and O–H groups in total. The van der Waals surface area contributed by atoms with Crippen LogP contribution in [0.25, 0.3) is 0 Å². The lowest BCUT2D eigenvalue weighted by atomic mass is 9.92. The van der Waals surface area contributed by atoms with Crippen molar-refractivity contribution in [3.63, 3.8) is 0 Å². The van der Waals surface area contributed by atoms with Crippen LogP contribution in [0.1, 0.15) is 46.1 Å². The van der Waals surface area contributed by atoms with E-state index in [2.05, 4.69) is 49.0 Å². The molecule has 2 atom stereocenters. The molecule has 0 aromatic carbocycles. The lowest BCUT2D eigenvalue weighted by Gasteiger charge is -2.39. The number of anilines is 1. The summed E-state index contributed by atoms with van der Waals surface area (Å²) in [6, 6.07) is 3.31. The summed E-state index contributed by atoms with van der Waals surface area (Å²) in [5, 5.41) is 3.50. The minimum Gasteiger partial charge on any atom is -0.368 e. The van der Waals surface area contributed by atoms with Crippen LogP contribution in [-0.2, 0) is 6.54 Å². The fourth-order valence-electron chi connectivity index (χ4n) is 2.92. The van der Waals surface area contributed by atoms with Crippen molar-refractivity contribution >= 4 is 5.69 Å². The van der Waals surface area contributed by atoms with Gasteiger partial charge in [-0.1, -0.05) is 20.8 Å². The van der Waals surface area contributed by atoms with E-state index in [9.17, 15) is 0 Å². The fraction of sp³-hybridized carbons (Fsp3) is 0.688. The van der Waals surface area contributed by atoms with E-state index in [-0.39, 0.29) is 0 Å². The van der Waals surface area contributed by atoms with Gasteiger partial charge in [0.1, 0.15) is 0 Å². The van der Waals surface area contributed by atoms with Gasteiger partial charge in [-0.05, 0) is 31.7 Å². The molecule has 1 saturated heterocycles. The first-order valence-electron chi connectivity index (χ1n) is 7.51. The van der Waals surface area contributed by atoms with Crippen LogP contribution < -0.4 is 10.2 Å². The smallest absolute Gasteiger partial charge is 0.0445 e. The molecule has 106 valence electrons. The number of nitrogens with zero attached hydrogens (tertiary/aromatic N) is 2. The molecule has 1 aromatic rings. The average molecular weight is 261 g/mol. The van der Waals surface area contributed by atoms with Crippen molar-refractivity contribution in [3.05, 3.63) is 24.0 Å². The van der Waals surface area contributed by atoms with E-state index < -0.39 is 0 Å². The third kappa shape index (κ3) is 3.69. The van der Waals surface area contributed by atoms with Gasteiger partial charge < -0.3 is 10.2 Å². The minimum atomic E-state index is 0.506. The molecular weight excluding hydrogens is 234 g/mol. The van der Waals surface area contributed by atoms with Crippen LogP contribution >= 0.6 is 0 Å². The van der Waals surface area contributed by atoms with E-state index in [1.165, 1.54) is 30.6 Å². The molecule has 0 aliphatic carbocycles. The zero-order chi connectivity index (χ0) is 13.8. The topological polar surface area (TPSA) is 28.2 Å². The largest absolute Gasteiger partial charge is 0.368 e. The Balaban J connectivity index is 2.14. The van der Waals surface area contributed by atoms with Crippen molar-refractivity contribution < 1.29 is 0 Å². The molecule has 0 amide bonds. The molecule has 2 rings (SSSR count). The van der Waals surface area contributed by atoms with Crippen molar-refractivity contribution in [2.24, 2.45) is 5.92 Å². The molecule has 1 aromatic heterocycles. The predicted octanol–water partition coefficient (Wildman–Crippen LogP) is 3.20. The molecule has 1 aliphatic heterocycles. The normalized spacial score (nSPS) is 23.9. The van der Waals surface area contributed by atoms with Crippen molar-refractivity contribution in [2.75, 3.05) is 11.4 Å². The standard InChI is InChI=1S/C16H27N3/c1-12(2)18-11-15-10-17-7-5-16(15)19-8-6-13(3)9-14(19)4/h5,7,10,12-14,18H,6,8-9,11H2,1-4H3. The number of piperidine rings is 1. The SMILES string of the molecule is CC1CCN(c2ccncc2CNC(C)C)C(C)C1. The van der Waals surface area contributed by atoms with E-state index in [4.69, 9.17) is 0 Å². The summed E-state index contributed by atoms with van der Waals surface area (Å²) in [7, 11) is 0. The Kier molecular flexibility index (Phi) is 4.81. The maximum absolute atomic E-state index is 4.29. The second kappa shape index (κ2) is 6.38. The zero-order valence-electron chi connectivity index (χ0n) is 12.7. The molecule has 2 heterocycles. The highest BCUT2D eigenvalue weighted by molar-refractivity contribution is 5.53. The summed E-state index contributed by atoms with van der Waals surface area (Å²) in [6.45, 7) is 11.1. The Morgan fingerprint density at radius 1 is 1.42 bits per heavy atom. The Hall–Kier alpha value is -1.09. The molecule has 2 unspecified atom stereocenters. The van der Waals surface area contributed by atoms with Gasteiger partial charge >= 0.3 is 0 Å². The summed E-state index contributed by atoms with van der Waals surface area (Å²) in [5.41, 5.74) is 2.68. The highest BCUT2D eigenvalue weighted by Crippen LogP contribution is 2.29. The minimum absolute atomic E-state index is 0.506. The Morgan fingerprint density at radius 2 is 2.21 bits per heavy atom. The van der Waals surface area contributed by atoms with Gasteiger partial charge in [0.15, 0.2) is 0 Å². The van der Waals surface area contributed by atoms with Gasteiger partial charge in [0.05, 0.1) is 0 Å². The first-order chi connectivity index (χ1) is 9.08. The van der Waals surface area contributed by atoms with Crippen LogP contribution in [0, 0.1) is 5.92 Å². The summed E-state index contributed by atoms with van der Waals surface area (Å²) >= 11 is 0. The molecule has 1 aliphatic rings. The van der Waals surface area contributed by atoms with Crippen molar-refractivity contribution in [3.8, 4) is 0 Å². The van der Waals surface area contributed by atoms with Crippen LogP contribution in [0.2, 0.25) is 0 Å². The van der Waals surface area contributed by atoms with Crippen LogP contribution in [0.3, 0.4) is 0 Å². The first-order valence-corrected chi connectivity index (χ1v) is 7.51. The number of hydrogen-bond donors (Lipinski definition) is 1. The van der Waals surface area contributed by atoms with Crippen molar-refractivity contribution in [1.29, 1.82) is 0 Å². The lowest BCUT2D eigenvalue weighted by Crippen LogP contribution is -2.41. The molecule has 19 heavy (non-hydrogen) atoms. The number of rotatable bonds is 4. The van der Waals surface area contributed by atoms with E-state index >= 15 is 0 Å². The van der Waals surface area contributed by atoms with E-state index in [1.807, 2.05) is 12.4 Å². The van der Waals surface area contributed by atoms with Crippen LogP contribution in [-0.4, -0.2) is 23.6 Å². The number of pyridine rings is 1. The number of aromatic nitrogens is 1. The number of nitrogens with one attached hydrogen (secondary N) is 1. The van der Waals surface area contributed by atoms with Gasteiger partial charge in [-0.2, -0.15) is 0 Å². The molecule has 3 heteroatoms. The first kappa shape index (κ1) is 14.3. The Bertz CT molecular complexity index is 403. The van der Waals surface area contributed by atoms with Gasteiger partial charge in [0.2, 0.25) is 0 Å². The van der Waals surface area contributed by atoms with Crippen LogP contribution in [0.5, 0.6) is 0 Å². The summed E-state index contributed by atoms with van der Waals surface area (Å²) in [4.78, 5) is 6.85. The summed E-state index contributed by atoms with van der Waals surface area (Å²) in [5.74, 6) is 0.852. The van der Waals surface area contributed by atoms with Crippen molar-refractivity contribution in [2.45, 2.75) is 59.2 Å². The highest BCUT2D eigenvalue weighted by Gasteiger charge is 2.24. The quantitative estimate of drug-likeness (QED) is 0.902. The summed E-state index contributed by atoms with van der Waals surface area (Å²) in [6.07, 6.45) is 6.51. The maximum Gasteiger partial charge on any atom is 0.0445 e. The average Bonchev–Trinajstić information content (AvgIpc) is 2.37. The predicted molar refractivity (Wildman–Crippen MR) is 81.4 cm³/mol. The second-order valence-electron chi connectivity index (χ2n) is 6.21. The van der Waals surface area contributed by atoms with Crippen molar-refractivity contribution in [1.82, 2.24) is 10.3 Å². The van der Waals surface area contributed by atoms with Crippen LogP contribution in [0.4, 0.5) is 5.69 Å². The van der Waals surface area contributed by atoms with Gasteiger partial charge in [-0.15, -0.1) is 0 Å². The molecule has 0 bridgehead atoms. The number of hydrogen-bond acceptors (Lipinski definition) is 3. The van der Waals surface area contributed by atoms with E-state index in [0.29, 0.717) is 12.1 Å². The highest BCUT2D eigenvalue weighted by atomic mass is 15.2. The van der Waals surface area contributed by atoms with Gasteiger partial charge in [0, 0.05) is 48.8 Å². The van der Waals surface area contributed by atoms with E-state index in [1.54, 1.807) is 0 Å². The molecule has 1 fully saturated rings. The molecule has 3 nitrogen and oxygen atoms in total. The molecule has 0 saturated carbocycles. The monoisotopic (exact) mass is 261 g/mol. The van der Waals surface area contributed by atoms with Crippen LogP contribution in [0.15, 0.2) is 18.5 Å². The third-order valence-electron chi connectivity index (χ3n) is 4.03. The van der Waals surface area contributed by atoms with Gasteiger partial charge in [0.25, 0.3) is 0 Å². The maximum atomic E-state index is 4.29.